The van der Waals surface area contributed by atoms with Gasteiger partial charge in [-0.25, -0.2) is 9.36 Å². The highest BCUT2D eigenvalue weighted by atomic mass is 16.6. The number of H-pyrrole nitrogens is 1. The number of anilines is 1. The summed E-state index contributed by atoms with van der Waals surface area (Å²) in [5, 5.41) is 3.78. The Morgan fingerprint density at radius 2 is 1.76 bits per heavy atom. The molecule has 1 aliphatic rings. The summed E-state index contributed by atoms with van der Waals surface area (Å²) >= 11 is 0. The smallest absolute Gasteiger partial charge is 0.419 e. The molecule has 0 unspecified atom stereocenters. The quantitative estimate of drug-likeness (QED) is 0.376. The average Bonchev–Trinajstić information content (AvgIpc) is 3.46. The number of rotatable bonds is 3. The molecule has 0 aliphatic carbocycles. The van der Waals surface area contributed by atoms with Gasteiger partial charge in [0.15, 0.2) is 0 Å². The number of hydrogen-bond donors (Lipinski definition) is 2. The van der Waals surface area contributed by atoms with E-state index in [9.17, 15) is 9.59 Å². The average molecular weight is 456 g/mol. The first-order chi connectivity index (χ1) is 16.2. The molecule has 0 radical (unpaired) electrons. The van der Waals surface area contributed by atoms with Crippen LogP contribution in [-0.4, -0.2) is 34.3 Å². The van der Waals surface area contributed by atoms with Gasteiger partial charge in [-0.15, -0.1) is 0 Å². The molecular weight excluding hydrogens is 430 g/mol. The van der Waals surface area contributed by atoms with Gasteiger partial charge < -0.3 is 19.8 Å². The van der Waals surface area contributed by atoms with Crippen LogP contribution in [0.4, 0.5) is 10.5 Å². The molecular formula is C27H25N3O4. The Balaban J connectivity index is 1.64. The lowest BCUT2D eigenvalue weighted by Gasteiger charge is -2.20. The zero-order chi connectivity index (χ0) is 24.0. The van der Waals surface area contributed by atoms with Gasteiger partial charge in [-0.2, -0.15) is 0 Å². The third-order valence-electron chi connectivity index (χ3n) is 5.59. The molecule has 34 heavy (non-hydrogen) atoms. The van der Waals surface area contributed by atoms with Crippen LogP contribution >= 0.6 is 0 Å². The summed E-state index contributed by atoms with van der Waals surface area (Å²) in [6, 6.07) is 18.9. The third-order valence-corrected chi connectivity index (χ3v) is 5.59. The van der Waals surface area contributed by atoms with Gasteiger partial charge in [-0.05, 0) is 45.0 Å². The SMILES string of the molecule is COc1cc(-c2cc3ccccc3n2C(=O)OC(C)(C)C)[nH]c1/C=C1\C(=O)Nc2ccccc21. The largest absolute Gasteiger partial charge is 0.494 e. The fourth-order valence-electron chi connectivity index (χ4n) is 4.15. The Kier molecular flexibility index (Phi) is 5.05. The molecule has 172 valence electrons. The molecule has 1 amide bonds. The fourth-order valence-corrected chi connectivity index (χ4v) is 4.15. The van der Waals surface area contributed by atoms with Crippen molar-refractivity contribution in [3.63, 3.8) is 0 Å². The van der Waals surface area contributed by atoms with Crippen LogP contribution < -0.4 is 10.1 Å². The molecule has 0 fully saturated rings. The lowest BCUT2D eigenvalue weighted by atomic mass is 10.1. The monoisotopic (exact) mass is 455 g/mol. The first-order valence-corrected chi connectivity index (χ1v) is 11.0. The van der Waals surface area contributed by atoms with Crippen molar-refractivity contribution in [2.24, 2.45) is 0 Å². The number of amides is 1. The number of benzene rings is 2. The minimum atomic E-state index is -0.647. The topological polar surface area (TPSA) is 85.3 Å². The van der Waals surface area contributed by atoms with E-state index in [1.165, 1.54) is 0 Å². The van der Waals surface area contributed by atoms with E-state index in [4.69, 9.17) is 9.47 Å². The van der Waals surface area contributed by atoms with Gasteiger partial charge in [-0.3, -0.25) is 4.79 Å². The molecule has 4 aromatic rings. The van der Waals surface area contributed by atoms with Gasteiger partial charge in [0.1, 0.15) is 11.4 Å². The number of hydrogen-bond acceptors (Lipinski definition) is 4. The Morgan fingerprint density at radius 1 is 1.03 bits per heavy atom. The van der Waals surface area contributed by atoms with Gasteiger partial charge in [0, 0.05) is 22.7 Å². The molecule has 2 N–H and O–H groups in total. The maximum absolute atomic E-state index is 13.2. The molecule has 7 nitrogen and oxygen atoms in total. The summed E-state index contributed by atoms with van der Waals surface area (Å²) in [7, 11) is 1.57. The van der Waals surface area contributed by atoms with Crippen molar-refractivity contribution in [2.45, 2.75) is 26.4 Å². The minimum Gasteiger partial charge on any atom is -0.494 e. The standard InChI is InChI=1S/C27H25N3O4/c1-27(2,3)34-26(32)30-22-12-8-5-9-16(22)13-23(30)20-15-24(33-4)21(28-20)14-18-17-10-6-7-11-19(17)29-25(18)31/h5-15,28H,1-4H3,(H,29,31)/b18-14-. The summed E-state index contributed by atoms with van der Waals surface area (Å²) in [6.07, 6.45) is 1.30. The van der Waals surface area contributed by atoms with E-state index in [0.717, 1.165) is 22.2 Å². The van der Waals surface area contributed by atoms with Crippen LogP contribution in [0.25, 0.3) is 33.9 Å². The Hall–Kier alpha value is -4.26. The predicted octanol–water partition coefficient (Wildman–Crippen LogP) is 5.92. The van der Waals surface area contributed by atoms with Gasteiger partial charge in [0.2, 0.25) is 0 Å². The number of fused-ring (bicyclic) bond motifs is 2. The molecule has 0 saturated heterocycles. The lowest BCUT2D eigenvalue weighted by Crippen LogP contribution is -2.27. The zero-order valence-electron chi connectivity index (χ0n) is 19.4. The van der Waals surface area contributed by atoms with E-state index >= 15 is 0 Å². The van der Waals surface area contributed by atoms with E-state index in [-0.39, 0.29) is 5.91 Å². The first kappa shape index (κ1) is 21.6. The van der Waals surface area contributed by atoms with E-state index in [0.29, 0.717) is 28.4 Å². The summed E-state index contributed by atoms with van der Waals surface area (Å²) in [4.78, 5) is 29.1. The molecule has 2 aromatic heterocycles. The molecule has 0 saturated carbocycles. The normalized spacial score (nSPS) is 14.4. The van der Waals surface area contributed by atoms with Crippen LogP contribution in [0.15, 0.2) is 60.7 Å². The summed E-state index contributed by atoms with van der Waals surface area (Å²) in [5.41, 5.74) is 4.15. The number of ether oxygens (including phenoxy) is 2. The predicted molar refractivity (Wildman–Crippen MR) is 133 cm³/mol. The Bertz CT molecular complexity index is 1470. The Morgan fingerprint density at radius 3 is 2.53 bits per heavy atom. The number of aromatic nitrogens is 2. The summed E-state index contributed by atoms with van der Waals surface area (Å²) in [6.45, 7) is 5.51. The van der Waals surface area contributed by atoms with Crippen molar-refractivity contribution in [1.29, 1.82) is 0 Å². The summed E-state index contributed by atoms with van der Waals surface area (Å²) < 4.78 is 12.8. The number of nitrogens with one attached hydrogen (secondary N) is 2. The van der Waals surface area contributed by atoms with E-state index in [1.54, 1.807) is 17.8 Å². The number of methoxy groups -OCH3 is 1. The molecule has 0 spiro atoms. The van der Waals surface area contributed by atoms with Crippen molar-refractivity contribution in [3.05, 3.63) is 71.9 Å². The highest BCUT2D eigenvalue weighted by Gasteiger charge is 2.26. The van der Waals surface area contributed by atoms with Crippen LogP contribution in [0.5, 0.6) is 5.75 Å². The van der Waals surface area contributed by atoms with Gasteiger partial charge in [0.25, 0.3) is 5.91 Å². The molecule has 5 rings (SSSR count). The maximum Gasteiger partial charge on any atom is 0.419 e. The van der Waals surface area contributed by atoms with Crippen LogP contribution in [0.3, 0.4) is 0 Å². The van der Waals surface area contributed by atoms with Gasteiger partial charge in [0.05, 0.1) is 35.3 Å². The van der Waals surface area contributed by atoms with Crippen LogP contribution in [0.2, 0.25) is 0 Å². The second-order valence-corrected chi connectivity index (χ2v) is 9.13. The van der Waals surface area contributed by atoms with Crippen LogP contribution in [0.1, 0.15) is 32.0 Å². The highest BCUT2D eigenvalue weighted by Crippen LogP contribution is 2.37. The number of aromatic amines is 1. The van der Waals surface area contributed by atoms with Gasteiger partial charge >= 0.3 is 6.09 Å². The molecule has 0 atom stereocenters. The number of carbonyl (C=O) groups excluding carboxylic acids is 2. The van der Waals surface area contributed by atoms with Crippen molar-refractivity contribution in [2.75, 3.05) is 12.4 Å². The lowest BCUT2D eigenvalue weighted by molar-refractivity contribution is -0.110. The number of nitrogens with zero attached hydrogens (tertiary/aromatic N) is 1. The minimum absolute atomic E-state index is 0.178. The van der Waals surface area contributed by atoms with Crippen molar-refractivity contribution < 1.29 is 19.1 Å². The molecule has 2 aromatic carbocycles. The Labute approximate surface area is 197 Å². The summed E-state index contributed by atoms with van der Waals surface area (Å²) in [5.74, 6) is 0.378. The molecule has 1 aliphatic heterocycles. The number of para-hydroxylation sites is 2. The number of carbonyl (C=O) groups is 2. The van der Waals surface area contributed by atoms with E-state index < -0.39 is 11.7 Å². The second-order valence-electron chi connectivity index (χ2n) is 9.13. The highest BCUT2D eigenvalue weighted by molar-refractivity contribution is 6.34. The van der Waals surface area contributed by atoms with E-state index in [1.807, 2.05) is 81.4 Å². The van der Waals surface area contributed by atoms with Crippen molar-refractivity contribution >= 4 is 40.2 Å². The maximum atomic E-state index is 13.2. The fraction of sp³-hybridized carbons (Fsp3) is 0.185. The molecule has 7 heteroatoms. The molecule has 0 bridgehead atoms. The zero-order valence-corrected chi connectivity index (χ0v) is 19.4. The third kappa shape index (κ3) is 3.75. The van der Waals surface area contributed by atoms with Crippen LogP contribution in [-0.2, 0) is 9.53 Å². The van der Waals surface area contributed by atoms with Crippen LogP contribution in [0, 0.1) is 0 Å². The van der Waals surface area contributed by atoms with Gasteiger partial charge in [-0.1, -0.05) is 36.4 Å². The first-order valence-electron chi connectivity index (χ1n) is 11.0. The van der Waals surface area contributed by atoms with E-state index in [2.05, 4.69) is 10.3 Å². The van der Waals surface area contributed by atoms with Crippen molar-refractivity contribution in [3.8, 4) is 17.1 Å². The van der Waals surface area contributed by atoms with Crippen molar-refractivity contribution in [1.82, 2.24) is 9.55 Å². The second kappa shape index (κ2) is 7.95. The molecule has 3 heterocycles.